The van der Waals surface area contributed by atoms with Crippen molar-refractivity contribution in [2.75, 3.05) is 0 Å². The molecule has 0 amide bonds. The summed E-state index contributed by atoms with van der Waals surface area (Å²) in [5, 5.41) is 11.7. The number of nitrogens with two attached hydrogens (primary N) is 1. The first kappa shape index (κ1) is 12.2. The summed E-state index contributed by atoms with van der Waals surface area (Å²) in [6, 6.07) is 5.22. The summed E-state index contributed by atoms with van der Waals surface area (Å²) >= 11 is 12.0. The molecule has 0 aromatic heterocycles. The number of aliphatic hydroxyl groups is 1. The van der Waals surface area contributed by atoms with Gasteiger partial charge in [-0.05, 0) is 43.9 Å². The molecule has 2 nitrogen and oxygen atoms in total. The second-order valence-corrected chi connectivity index (χ2v) is 5.36. The molecule has 16 heavy (non-hydrogen) atoms. The number of rotatable bonds is 1. The van der Waals surface area contributed by atoms with Gasteiger partial charge in [-0.1, -0.05) is 23.2 Å². The zero-order chi connectivity index (χ0) is 11.8. The van der Waals surface area contributed by atoms with Crippen LogP contribution >= 0.6 is 23.2 Å². The number of benzene rings is 1. The second kappa shape index (κ2) is 4.53. The maximum Gasteiger partial charge on any atom is 0.0926 e. The van der Waals surface area contributed by atoms with Gasteiger partial charge in [0.05, 0.1) is 5.60 Å². The van der Waals surface area contributed by atoms with Gasteiger partial charge in [0, 0.05) is 21.7 Å². The summed E-state index contributed by atoms with van der Waals surface area (Å²) in [6.45, 7) is 0. The van der Waals surface area contributed by atoms with Crippen molar-refractivity contribution < 1.29 is 5.11 Å². The van der Waals surface area contributed by atoms with E-state index in [-0.39, 0.29) is 6.04 Å². The van der Waals surface area contributed by atoms with E-state index in [0.29, 0.717) is 28.5 Å². The fourth-order valence-electron chi connectivity index (χ4n) is 2.39. The van der Waals surface area contributed by atoms with Crippen LogP contribution in [-0.2, 0) is 5.60 Å². The molecule has 4 heteroatoms. The lowest BCUT2D eigenvalue weighted by molar-refractivity contribution is -0.00706. The molecule has 2 unspecified atom stereocenters. The van der Waals surface area contributed by atoms with Gasteiger partial charge in [0.2, 0.25) is 0 Å². The molecule has 0 bridgehead atoms. The molecule has 0 aliphatic heterocycles. The van der Waals surface area contributed by atoms with Crippen molar-refractivity contribution in [3.05, 3.63) is 33.8 Å². The summed E-state index contributed by atoms with van der Waals surface area (Å²) in [4.78, 5) is 0. The van der Waals surface area contributed by atoms with E-state index < -0.39 is 5.60 Å². The van der Waals surface area contributed by atoms with Crippen LogP contribution in [0.4, 0.5) is 0 Å². The minimum Gasteiger partial charge on any atom is -0.385 e. The Morgan fingerprint density at radius 1 is 1.38 bits per heavy atom. The van der Waals surface area contributed by atoms with Gasteiger partial charge in [0.1, 0.15) is 0 Å². The highest BCUT2D eigenvalue weighted by molar-refractivity contribution is 6.33. The zero-order valence-electron chi connectivity index (χ0n) is 8.92. The smallest absolute Gasteiger partial charge is 0.0926 e. The van der Waals surface area contributed by atoms with Crippen LogP contribution in [0.1, 0.15) is 31.2 Å². The van der Waals surface area contributed by atoms with Gasteiger partial charge in [-0.25, -0.2) is 0 Å². The molecule has 1 aliphatic rings. The molecule has 1 aliphatic carbocycles. The van der Waals surface area contributed by atoms with Crippen LogP contribution in [0, 0.1) is 0 Å². The number of hydrogen-bond acceptors (Lipinski definition) is 2. The topological polar surface area (TPSA) is 46.2 Å². The van der Waals surface area contributed by atoms with Crippen molar-refractivity contribution >= 4 is 23.2 Å². The minimum atomic E-state index is -0.917. The van der Waals surface area contributed by atoms with Crippen LogP contribution in [-0.4, -0.2) is 11.1 Å². The first-order chi connectivity index (χ1) is 7.51. The van der Waals surface area contributed by atoms with Crippen LogP contribution in [0.5, 0.6) is 0 Å². The average molecular weight is 260 g/mol. The molecule has 1 fully saturated rings. The molecule has 0 heterocycles. The average Bonchev–Trinajstić information content (AvgIpc) is 2.21. The van der Waals surface area contributed by atoms with Crippen LogP contribution < -0.4 is 5.73 Å². The molecule has 0 saturated heterocycles. The van der Waals surface area contributed by atoms with Gasteiger partial charge in [-0.15, -0.1) is 0 Å². The van der Waals surface area contributed by atoms with Crippen LogP contribution in [0.3, 0.4) is 0 Å². The monoisotopic (exact) mass is 259 g/mol. The van der Waals surface area contributed by atoms with E-state index in [0.717, 1.165) is 12.8 Å². The van der Waals surface area contributed by atoms with Crippen molar-refractivity contribution in [1.82, 2.24) is 0 Å². The molecule has 3 N–H and O–H groups in total. The molecule has 1 aromatic rings. The van der Waals surface area contributed by atoms with Crippen molar-refractivity contribution in [2.45, 2.75) is 37.3 Å². The van der Waals surface area contributed by atoms with E-state index in [2.05, 4.69) is 0 Å². The molecule has 88 valence electrons. The Morgan fingerprint density at radius 3 is 2.81 bits per heavy atom. The van der Waals surface area contributed by atoms with E-state index >= 15 is 0 Å². The Hall–Kier alpha value is -0.280. The minimum absolute atomic E-state index is 0.0359. The van der Waals surface area contributed by atoms with E-state index in [1.165, 1.54) is 0 Å². The lowest BCUT2D eigenvalue weighted by Gasteiger charge is -2.36. The van der Waals surface area contributed by atoms with Gasteiger partial charge in [0.25, 0.3) is 0 Å². The summed E-state index contributed by atoms with van der Waals surface area (Å²) in [5.41, 5.74) is 5.69. The van der Waals surface area contributed by atoms with E-state index in [1.54, 1.807) is 18.2 Å². The van der Waals surface area contributed by atoms with Crippen molar-refractivity contribution in [3.8, 4) is 0 Å². The van der Waals surface area contributed by atoms with Gasteiger partial charge in [0.15, 0.2) is 0 Å². The first-order valence-corrected chi connectivity index (χ1v) is 6.20. The van der Waals surface area contributed by atoms with Crippen molar-refractivity contribution in [1.29, 1.82) is 0 Å². The highest BCUT2D eigenvalue weighted by atomic mass is 35.5. The van der Waals surface area contributed by atoms with Gasteiger partial charge >= 0.3 is 0 Å². The number of hydrogen-bond donors (Lipinski definition) is 2. The molecule has 1 aromatic carbocycles. The first-order valence-electron chi connectivity index (χ1n) is 5.45. The Bertz CT molecular complexity index is 397. The van der Waals surface area contributed by atoms with Gasteiger partial charge < -0.3 is 10.8 Å². The van der Waals surface area contributed by atoms with Crippen LogP contribution in [0.15, 0.2) is 18.2 Å². The third kappa shape index (κ3) is 2.35. The fourth-order valence-corrected chi connectivity index (χ4v) is 2.86. The van der Waals surface area contributed by atoms with E-state index in [4.69, 9.17) is 28.9 Å². The zero-order valence-corrected chi connectivity index (χ0v) is 10.4. The third-order valence-corrected chi connectivity index (χ3v) is 3.76. The van der Waals surface area contributed by atoms with Gasteiger partial charge in [-0.3, -0.25) is 0 Å². The molecule has 2 rings (SSSR count). The summed E-state index contributed by atoms with van der Waals surface area (Å²) < 4.78 is 0. The fraction of sp³-hybridized carbons (Fsp3) is 0.500. The Balaban J connectivity index is 2.37. The van der Waals surface area contributed by atoms with E-state index in [9.17, 15) is 5.11 Å². The predicted molar refractivity (Wildman–Crippen MR) is 66.8 cm³/mol. The summed E-state index contributed by atoms with van der Waals surface area (Å²) in [5.74, 6) is 0. The van der Waals surface area contributed by atoms with Gasteiger partial charge in [-0.2, -0.15) is 0 Å². The SMILES string of the molecule is NC1CCCC(O)(c2cc(Cl)ccc2Cl)C1. The number of halogens is 2. The van der Waals surface area contributed by atoms with Crippen LogP contribution in [0.2, 0.25) is 10.0 Å². The predicted octanol–water partition coefficient (Wildman–Crippen LogP) is 3.08. The maximum absolute atomic E-state index is 10.6. The molecule has 0 spiro atoms. The quantitative estimate of drug-likeness (QED) is 0.815. The Kier molecular flexibility index (Phi) is 3.45. The Labute approximate surface area is 105 Å². The lowest BCUT2D eigenvalue weighted by Crippen LogP contribution is -2.39. The normalized spacial score (nSPS) is 30.4. The summed E-state index contributed by atoms with van der Waals surface area (Å²) in [7, 11) is 0. The highest BCUT2D eigenvalue weighted by Crippen LogP contribution is 2.40. The molecular formula is C12H15Cl2NO. The largest absolute Gasteiger partial charge is 0.385 e. The standard InChI is InChI=1S/C12H15Cl2NO/c13-8-3-4-11(14)10(6-8)12(16)5-1-2-9(15)7-12/h3-4,6,9,16H,1-2,5,7,15H2. The third-order valence-electron chi connectivity index (χ3n) is 3.19. The molecule has 0 radical (unpaired) electrons. The summed E-state index contributed by atoms with van der Waals surface area (Å²) in [6.07, 6.45) is 3.12. The Morgan fingerprint density at radius 2 is 2.12 bits per heavy atom. The van der Waals surface area contributed by atoms with E-state index in [1.807, 2.05) is 0 Å². The highest BCUT2D eigenvalue weighted by Gasteiger charge is 2.36. The molecule has 1 saturated carbocycles. The van der Waals surface area contributed by atoms with Crippen molar-refractivity contribution in [3.63, 3.8) is 0 Å². The maximum atomic E-state index is 10.6. The van der Waals surface area contributed by atoms with Crippen molar-refractivity contribution in [2.24, 2.45) is 5.73 Å². The molecule has 2 atom stereocenters. The second-order valence-electron chi connectivity index (χ2n) is 4.51. The molecular weight excluding hydrogens is 245 g/mol. The van der Waals surface area contributed by atoms with Crippen LogP contribution in [0.25, 0.3) is 0 Å². The lowest BCUT2D eigenvalue weighted by atomic mass is 9.77.